The maximum Gasteiger partial charge on any atom is 0.201 e. The Kier molecular flexibility index (Phi) is 5.20. The highest BCUT2D eigenvalue weighted by atomic mass is 35.5. The summed E-state index contributed by atoms with van der Waals surface area (Å²) in [6, 6.07) is 7.36. The molecule has 0 bridgehead atoms. The second kappa shape index (κ2) is 7.11. The van der Waals surface area contributed by atoms with E-state index in [1.165, 1.54) is 0 Å². The molecule has 0 unspecified atom stereocenters. The summed E-state index contributed by atoms with van der Waals surface area (Å²) in [5.74, 6) is -0.389. The Hall–Kier alpha value is -2.30. The van der Waals surface area contributed by atoms with Gasteiger partial charge >= 0.3 is 0 Å². The maximum absolute atomic E-state index is 8.79. The number of nitrogens with zero attached hydrogens (tertiary/aromatic N) is 4. The molecule has 4 N–H and O–H groups in total. The predicted molar refractivity (Wildman–Crippen MR) is 89.7 cm³/mol. The number of amidine groups is 1. The number of hydrazone groups is 1. The predicted octanol–water partition coefficient (Wildman–Crippen LogP) is 1.32. The molecule has 0 spiro atoms. The van der Waals surface area contributed by atoms with Crippen LogP contribution in [-0.4, -0.2) is 49.7 Å². The second-order valence-corrected chi connectivity index (χ2v) is 5.46. The Bertz CT molecular complexity index is 627. The highest BCUT2D eigenvalue weighted by Gasteiger charge is 2.15. The smallest absolute Gasteiger partial charge is 0.201 e. The molecule has 1 aliphatic rings. The van der Waals surface area contributed by atoms with Gasteiger partial charge in [-0.15, -0.1) is 0 Å². The van der Waals surface area contributed by atoms with Gasteiger partial charge in [-0.2, -0.15) is 10.4 Å². The highest BCUT2D eigenvalue weighted by molar-refractivity contribution is 6.46. The molecule has 1 aromatic carbocycles. The van der Waals surface area contributed by atoms with Crippen molar-refractivity contribution in [2.45, 2.75) is 0 Å². The van der Waals surface area contributed by atoms with Crippen LogP contribution in [0.15, 0.2) is 23.3 Å². The lowest BCUT2D eigenvalue weighted by Crippen LogP contribution is -2.44. The molecule has 0 amide bonds. The van der Waals surface area contributed by atoms with Gasteiger partial charge in [0.15, 0.2) is 5.84 Å². The fraction of sp³-hybridized carbons (Fsp3) is 0.357. The quantitative estimate of drug-likeness (QED) is 0.441. The normalized spacial score (nSPS) is 16.2. The lowest BCUT2D eigenvalue weighted by atomic mass is 10.2. The van der Waals surface area contributed by atoms with Crippen LogP contribution in [0.2, 0.25) is 5.02 Å². The highest BCUT2D eigenvalue weighted by Crippen LogP contribution is 2.28. The lowest BCUT2D eigenvalue weighted by molar-refractivity contribution is 0.313. The van der Waals surface area contributed by atoms with Crippen LogP contribution in [-0.2, 0) is 0 Å². The van der Waals surface area contributed by atoms with Crippen molar-refractivity contribution < 1.29 is 0 Å². The van der Waals surface area contributed by atoms with Gasteiger partial charge in [0.2, 0.25) is 5.71 Å². The molecule has 0 saturated carbocycles. The zero-order valence-corrected chi connectivity index (χ0v) is 13.1. The fourth-order valence-electron chi connectivity index (χ4n) is 2.12. The number of nitrogens with two attached hydrogens (primary N) is 1. The molecule has 0 atom stereocenters. The largest absolute Gasteiger partial charge is 0.382 e. The van der Waals surface area contributed by atoms with E-state index in [-0.39, 0.29) is 11.5 Å². The minimum absolute atomic E-state index is 0.181. The summed E-state index contributed by atoms with van der Waals surface area (Å²) >= 11 is 6.25. The van der Waals surface area contributed by atoms with E-state index in [4.69, 9.17) is 28.0 Å². The van der Waals surface area contributed by atoms with Gasteiger partial charge in [0.05, 0.1) is 10.7 Å². The van der Waals surface area contributed by atoms with Crippen LogP contribution in [0.5, 0.6) is 0 Å². The standard InChI is InChI=1S/C14H18ClN7/c1-21-4-6-22(7-5-21)10-2-3-12(11(15)8-10)19-20-13(9-16)14(17)18/h2-3,8,19H,4-7H2,1H3,(H3,17,18)/b20-13+. The number of benzene rings is 1. The summed E-state index contributed by atoms with van der Waals surface area (Å²) < 4.78 is 0. The fourth-order valence-corrected chi connectivity index (χ4v) is 2.33. The summed E-state index contributed by atoms with van der Waals surface area (Å²) in [5, 5.41) is 20.3. The molecule has 1 saturated heterocycles. The molecule has 8 heteroatoms. The van der Waals surface area contributed by atoms with Crippen molar-refractivity contribution in [1.82, 2.24) is 4.90 Å². The SMILES string of the molecule is CN1CCN(c2ccc(N/N=C(\C#N)C(=N)N)c(Cl)c2)CC1. The molecule has 1 fully saturated rings. The van der Waals surface area contributed by atoms with E-state index >= 15 is 0 Å². The van der Waals surface area contributed by atoms with Gasteiger partial charge in [-0.25, -0.2) is 0 Å². The number of rotatable bonds is 4. The van der Waals surface area contributed by atoms with Crippen LogP contribution in [0.25, 0.3) is 0 Å². The Morgan fingerprint density at radius 2 is 2.09 bits per heavy atom. The van der Waals surface area contributed by atoms with E-state index in [0.717, 1.165) is 31.9 Å². The first kappa shape index (κ1) is 16.1. The third-order valence-electron chi connectivity index (χ3n) is 3.47. The van der Waals surface area contributed by atoms with E-state index in [9.17, 15) is 0 Å². The van der Waals surface area contributed by atoms with Crippen molar-refractivity contribution in [2.75, 3.05) is 43.6 Å². The summed E-state index contributed by atoms with van der Waals surface area (Å²) in [6.07, 6.45) is 0. The molecule has 0 aromatic heterocycles. The van der Waals surface area contributed by atoms with Crippen LogP contribution >= 0.6 is 11.6 Å². The van der Waals surface area contributed by atoms with Gasteiger partial charge in [-0.05, 0) is 25.2 Å². The van der Waals surface area contributed by atoms with E-state index in [0.29, 0.717) is 10.7 Å². The molecule has 0 radical (unpaired) electrons. The number of likely N-dealkylation sites (N-methyl/N-ethyl adjacent to an activating group) is 1. The van der Waals surface area contributed by atoms with Crippen LogP contribution in [0.3, 0.4) is 0 Å². The lowest BCUT2D eigenvalue weighted by Gasteiger charge is -2.34. The number of hydrogen-bond donors (Lipinski definition) is 3. The monoisotopic (exact) mass is 319 g/mol. The van der Waals surface area contributed by atoms with Crippen molar-refractivity contribution in [3.8, 4) is 6.07 Å². The van der Waals surface area contributed by atoms with Gasteiger partial charge in [-0.1, -0.05) is 11.6 Å². The van der Waals surface area contributed by atoms with E-state index in [1.807, 2.05) is 12.1 Å². The number of nitriles is 1. The number of anilines is 2. The van der Waals surface area contributed by atoms with Crippen molar-refractivity contribution >= 4 is 34.5 Å². The number of nitrogens with one attached hydrogen (secondary N) is 2. The molecule has 1 heterocycles. The van der Waals surface area contributed by atoms with Gasteiger partial charge in [0.1, 0.15) is 6.07 Å². The molecule has 7 nitrogen and oxygen atoms in total. The van der Waals surface area contributed by atoms with Crippen LogP contribution in [0, 0.1) is 16.7 Å². The van der Waals surface area contributed by atoms with Gasteiger partial charge < -0.3 is 15.5 Å². The van der Waals surface area contributed by atoms with Crippen LogP contribution < -0.4 is 16.1 Å². The Labute approximate surface area is 134 Å². The molecule has 22 heavy (non-hydrogen) atoms. The van der Waals surface area contributed by atoms with E-state index in [1.54, 1.807) is 12.1 Å². The number of halogens is 1. The molecular formula is C14H18ClN7. The molecule has 116 valence electrons. The Balaban J connectivity index is 2.10. The average Bonchev–Trinajstić information content (AvgIpc) is 2.49. The van der Waals surface area contributed by atoms with Gasteiger partial charge in [-0.3, -0.25) is 10.8 Å². The van der Waals surface area contributed by atoms with Crippen LogP contribution in [0.1, 0.15) is 0 Å². The average molecular weight is 320 g/mol. The first-order valence-corrected chi connectivity index (χ1v) is 7.20. The zero-order valence-electron chi connectivity index (χ0n) is 12.3. The van der Waals surface area contributed by atoms with Crippen LogP contribution in [0.4, 0.5) is 11.4 Å². The molecule has 1 aromatic rings. The number of hydrogen-bond acceptors (Lipinski definition) is 6. The topological polar surface area (TPSA) is 105 Å². The van der Waals surface area contributed by atoms with Crippen molar-refractivity contribution in [3.05, 3.63) is 23.2 Å². The van der Waals surface area contributed by atoms with E-state index in [2.05, 4.69) is 27.4 Å². The first-order valence-electron chi connectivity index (χ1n) is 6.82. The van der Waals surface area contributed by atoms with E-state index < -0.39 is 0 Å². The summed E-state index contributed by atoms with van der Waals surface area (Å²) in [4.78, 5) is 4.56. The summed E-state index contributed by atoms with van der Waals surface area (Å²) in [6.45, 7) is 3.96. The first-order chi connectivity index (χ1) is 10.5. The molecule has 2 rings (SSSR count). The summed E-state index contributed by atoms with van der Waals surface area (Å²) in [7, 11) is 2.11. The van der Waals surface area contributed by atoms with Crippen molar-refractivity contribution in [2.24, 2.45) is 10.8 Å². The third-order valence-corrected chi connectivity index (χ3v) is 3.78. The zero-order chi connectivity index (χ0) is 16.1. The maximum atomic E-state index is 8.79. The van der Waals surface area contributed by atoms with Gasteiger partial charge in [0, 0.05) is 31.9 Å². The molecular weight excluding hydrogens is 302 g/mol. The minimum atomic E-state index is -0.389. The number of piperazine rings is 1. The van der Waals surface area contributed by atoms with Gasteiger partial charge in [0.25, 0.3) is 0 Å². The van der Waals surface area contributed by atoms with Crippen molar-refractivity contribution in [3.63, 3.8) is 0 Å². The van der Waals surface area contributed by atoms with Crippen molar-refractivity contribution in [1.29, 1.82) is 10.7 Å². The summed E-state index contributed by atoms with van der Waals surface area (Å²) in [5.41, 5.74) is 9.33. The molecule has 0 aliphatic carbocycles. The minimum Gasteiger partial charge on any atom is -0.382 e. The Morgan fingerprint density at radius 3 is 2.64 bits per heavy atom. The third kappa shape index (κ3) is 3.87. The Morgan fingerprint density at radius 1 is 1.41 bits per heavy atom. The molecule has 1 aliphatic heterocycles. The second-order valence-electron chi connectivity index (χ2n) is 5.05.